The Morgan fingerprint density at radius 2 is 1.57 bits per heavy atom. The predicted octanol–water partition coefficient (Wildman–Crippen LogP) is 5.92. The molecule has 0 N–H and O–H groups in total. The third kappa shape index (κ3) is 7.00. The standard InChI is InChI=1S/C32H38N2O3/c1-3-29(27-16-9-5-10-17-27)31(36)34-21-13-20-32(24-34,25-37-28-18-11-6-12-19-28)22-30(35)33(2)23-26-14-7-4-8-15-26/h4-12,14-19,29H,3,13,20-25H2,1-2H3/t29-,32+/m0/s1. The van der Waals surface area contributed by atoms with Crippen LogP contribution in [0.4, 0.5) is 0 Å². The van der Waals surface area contributed by atoms with E-state index in [1.807, 2.05) is 103 Å². The van der Waals surface area contributed by atoms with Crippen LogP contribution in [0.1, 0.15) is 49.7 Å². The number of piperidine rings is 1. The molecular weight excluding hydrogens is 460 g/mol. The van der Waals surface area contributed by atoms with E-state index >= 15 is 0 Å². The van der Waals surface area contributed by atoms with Crippen LogP contribution in [0.2, 0.25) is 0 Å². The summed E-state index contributed by atoms with van der Waals surface area (Å²) in [6.45, 7) is 4.25. The molecular formula is C32H38N2O3. The van der Waals surface area contributed by atoms with Gasteiger partial charge in [-0.1, -0.05) is 85.8 Å². The van der Waals surface area contributed by atoms with Crippen LogP contribution in [0.5, 0.6) is 5.75 Å². The molecule has 194 valence electrons. The van der Waals surface area contributed by atoms with Crippen molar-refractivity contribution in [2.75, 3.05) is 26.7 Å². The second-order valence-electron chi connectivity index (χ2n) is 10.2. The molecule has 4 rings (SSSR count). The summed E-state index contributed by atoms with van der Waals surface area (Å²) in [4.78, 5) is 31.0. The highest BCUT2D eigenvalue weighted by atomic mass is 16.5. The highest BCUT2D eigenvalue weighted by molar-refractivity contribution is 5.84. The fourth-order valence-electron chi connectivity index (χ4n) is 5.32. The van der Waals surface area contributed by atoms with Crippen molar-refractivity contribution in [3.05, 3.63) is 102 Å². The van der Waals surface area contributed by atoms with E-state index in [0.717, 1.165) is 36.1 Å². The van der Waals surface area contributed by atoms with Crippen LogP contribution in [0.3, 0.4) is 0 Å². The number of ether oxygens (including phenoxy) is 1. The number of likely N-dealkylation sites (tertiary alicyclic amines) is 1. The average Bonchev–Trinajstić information content (AvgIpc) is 2.94. The quantitative estimate of drug-likeness (QED) is 0.349. The summed E-state index contributed by atoms with van der Waals surface area (Å²) in [5.41, 5.74) is 1.70. The van der Waals surface area contributed by atoms with Crippen LogP contribution in [0, 0.1) is 5.41 Å². The van der Waals surface area contributed by atoms with Crippen molar-refractivity contribution < 1.29 is 14.3 Å². The smallest absolute Gasteiger partial charge is 0.230 e. The van der Waals surface area contributed by atoms with E-state index in [-0.39, 0.29) is 17.7 Å². The molecule has 0 aromatic heterocycles. The molecule has 0 aliphatic carbocycles. The topological polar surface area (TPSA) is 49.9 Å². The van der Waals surface area contributed by atoms with Gasteiger partial charge >= 0.3 is 0 Å². The van der Waals surface area contributed by atoms with Crippen LogP contribution < -0.4 is 4.74 Å². The zero-order chi connectivity index (χ0) is 26.1. The Kier molecular flexibility index (Phi) is 8.99. The van der Waals surface area contributed by atoms with Gasteiger partial charge in [0, 0.05) is 38.5 Å². The van der Waals surface area contributed by atoms with Crippen molar-refractivity contribution in [3.63, 3.8) is 0 Å². The fraction of sp³-hybridized carbons (Fsp3) is 0.375. The molecule has 1 aliphatic heterocycles. The minimum Gasteiger partial charge on any atom is -0.493 e. The van der Waals surface area contributed by atoms with Crippen LogP contribution >= 0.6 is 0 Å². The number of para-hydroxylation sites is 1. The van der Waals surface area contributed by atoms with Crippen molar-refractivity contribution in [2.45, 2.75) is 45.1 Å². The molecule has 0 saturated carbocycles. The van der Waals surface area contributed by atoms with Crippen molar-refractivity contribution >= 4 is 11.8 Å². The first-order valence-corrected chi connectivity index (χ1v) is 13.3. The molecule has 0 spiro atoms. The molecule has 1 aliphatic rings. The molecule has 1 heterocycles. The minimum atomic E-state index is -0.444. The van der Waals surface area contributed by atoms with Gasteiger partial charge in [0.05, 0.1) is 12.5 Å². The summed E-state index contributed by atoms with van der Waals surface area (Å²) in [6.07, 6.45) is 2.78. The van der Waals surface area contributed by atoms with E-state index in [4.69, 9.17) is 4.74 Å². The number of nitrogens with zero attached hydrogens (tertiary/aromatic N) is 2. The van der Waals surface area contributed by atoms with Crippen molar-refractivity contribution in [1.82, 2.24) is 9.80 Å². The van der Waals surface area contributed by atoms with Gasteiger partial charge in [-0.25, -0.2) is 0 Å². The van der Waals surface area contributed by atoms with Crippen LogP contribution in [-0.2, 0) is 16.1 Å². The molecule has 3 aromatic carbocycles. The molecule has 0 bridgehead atoms. The first kappa shape index (κ1) is 26.5. The van der Waals surface area contributed by atoms with Crippen LogP contribution in [0.25, 0.3) is 0 Å². The predicted molar refractivity (Wildman–Crippen MR) is 147 cm³/mol. The number of rotatable bonds is 10. The molecule has 5 nitrogen and oxygen atoms in total. The Hall–Kier alpha value is -3.60. The zero-order valence-corrected chi connectivity index (χ0v) is 22.0. The maximum Gasteiger partial charge on any atom is 0.230 e. The first-order chi connectivity index (χ1) is 18.0. The number of hydrogen-bond acceptors (Lipinski definition) is 3. The molecule has 1 fully saturated rings. The second kappa shape index (κ2) is 12.6. The summed E-state index contributed by atoms with van der Waals surface area (Å²) >= 11 is 0. The number of carbonyl (C=O) groups is 2. The first-order valence-electron chi connectivity index (χ1n) is 13.3. The third-order valence-corrected chi connectivity index (χ3v) is 7.38. The lowest BCUT2D eigenvalue weighted by atomic mass is 9.76. The van der Waals surface area contributed by atoms with E-state index in [0.29, 0.717) is 32.7 Å². The summed E-state index contributed by atoms with van der Waals surface area (Å²) in [7, 11) is 1.86. The number of hydrogen-bond donors (Lipinski definition) is 0. The molecule has 3 aromatic rings. The lowest BCUT2D eigenvalue weighted by molar-refractivity contribution is -0.142. The molecule has 0 radical (unpaired) electrons. The van der Waals surface area contributed by atoms with E-state index in [1.54, 1.807) is 4.90 Å². The Labute approximate surface area is 221 Å². The SMILES string of the molecule is CC[C@H](C(=O)N1CCC[C@@](COc2ccccc2)(CC(=O)N(C)Cc2ccccc2)C1)c1ccccc1. The third-order valence-electron chi connectivity index (χ3n) is 7.38. The lowest BCUT2D eigenvalue weighted by Crippen LogP contribution is -2.51. The highest BCUT2D eigenvalue weighted by Gasteiger charge is 2.41. The van der Waals surface area contributed by atoms with Gasteiger partial charge in [0.25, 0.3) is 0 Å². The van der Waals surface area contributed by atoms with Gasteiger partial charge in [0.2, 0.25) is 11.8 Å². The number of amides is 2. The van der Waals surface area contributed by atoms with Crippen molar-refractivity contribution in [2.24, 2.45) is 5.41 Å². The Balaban J connectivity index is 1.52. The van der Waals surface area contributed by atoms with E-state index in [1.165, 1.54) is 0 Å². The second-order valence-corrected chi connectivity index (χ2v) is 10.2. The molecule has 1 saturated heterocycles. The van der Waals surface area contributed by atoms with Gasteiger partial charge in [0.15, 0.2) is 0 Å². The fourth-order valence-corrected chi connectivity index (χ4v) is 5.32. The molecule has 2 amide bonds. The largest absolute Gasteiger partial charge is 0.493 e. The zero-order valence-electron chi connectivity index (χ0n) is 22.0. The maximum absolute atomic E-state index is 13.7. The van der Waals surface area contributed by atoms with Crippen LogP contribution in [-0.4, -0.2) is 48.4 Å². The van der Waals surface area contributed by atoms with Crippen molar-refractivity contribution in [3.8, 4) is 5.75 Å². The Bertz CT molecular complexity index is 1140. The monoisotopic (exact) mass is 498 g/mol. The number of carbonyl (C=O) groups excluding carboxylic acids is 2. The summed E-state index contributed by atoms with van der Waals surface area (Å²) in [5.74, 6) is 0.821. The van der Waals surface area contributed by atoms with Gasteiger partial charge in [0.1, 0.15) is 5.75 Å². The van der Waals surface area contributed by atoms with Gasteiger partial charge in [-0.2, -0.15) is 0 Å². The van der Waals surface area contributed by atoms with Gasteiger partial charge < -0.3 is 14.5 Å². The summed E-state index contributed by atoms with van der Waals surface area (Å²) < 4.78 is 6.24. The molecule has 0 unspecified atom stereocenters. The Morgan fingerprint density at radius 1 is 0.946 bits per heavy atom. The normalized spacial score (nSPS) is 18.2. The van der Waals surface area contributed by atoms with Gasteiger partial charge in [-0.3, -0.25) is 9.59 Å². The average molecular weight is 499 g/mol. The molecule has 2 atom stereocenters. The maximum atomic E-state index is 13.7. The minimum absolute atomic E-state index is 0.0740. The molecule has 37 heavy (non-hydrogen) atoms. The lowest BCUT2D eigenvalue weighted by Gasteiger charge is -2.43. The van der Waals surface area contributed by atoms with E-state index in [9.17, 15) is 9.59 Å². The van der Waals surface area contributed by atoms with E-state index < -0.39 is 5.41 Å². The molecule has 5 heteroatoms. The summed E-state index contributed by atoms with van der Waals surface area (Å²) in [5, 5.41) is 0. The summed E-state index contributed by atoms with van der Waals surface area (Å²) in [6, 6.07) is 29.8. The van der Waals surface area contributed by atoms with Crippen molar-refractivity contribution in [1.29, 1.82) is 0 Å². The Morgan fingerprint density at radius 3 is 2.22 bits per heavy atom. The number of benzene rings is 3. The van der Waals surface area contributed by atoms with Gasteiger partial charge in [-0.15, -0.1) is 0 Å². The highest BCUT2D eigenvalue weighted by Crippen LogP contribution is 2.37. The van der Waals surface area contributed by atoms with Crippen LogP contribution in [0.15, 0.2) is 91.0 Å². The van der Waals surface area contributed by atoms with Gasteiger partial charge in [-0.05, 0) is 42.5 Å². The van der Waals surface area contributed by atoms with E-state index in [2.05, 4.69) is 6.92 Å².